The largest absolute Gasteiger partial charge is 0.313 e. The monoisotopic (exact) mass is 242 g/mol. The van der Waals surface area contributed by atoms with E-state index in [0.29, 0.717) is 12.5 Å². The highest BCUT2D eigenvalue weighted by molar-refractivity contribution is 7.85. The zero-order valence-corrected chi connectivity index (χ0v) is 11.1. The zero-order chi connectivity index (χ0) is 12.0. The molecule has 1 aliphatic heterocycles. The maximum atomic E-state index is 11.2. The van der Waals surface area contributed by atoms with Crippen LogP contribution in [0.1, 0.15) is 39.5 Å². The number of hydrogen-bond acceptors (Lipinski definition) is 3. The molecule has 0 aromatic rings. The van der Waals surface area contributed by atoms with Crippen LogP contribution in [0.4, 0.5) is 0 Å². The van der Waals surface area contributed by atoms with Crippen LogP contribution in [0.2, 0.25) is 0 Å². The fourth-order valence-corrected chi connectivity index (χ4v) is 3.20. The standard InChI is InChI=1S/C12H22N2OS/c1-12(2,6-3-7-13)10-14-11-4-8-16(15)9-5-11/h11,14H,3-6,8-10H2,1-2H3. The van der Waals surface area contributed by atoms with E-state index in [4.69, 9.17) is 5.26 Å². The summed E-state index contributed by atoms with van der Waals surface area (Å²) in [5.74, 6) is 1.69. The van der Waals surface area contributed by atoms with Crippen LogP contribution in [0.15, 0.2) is 0 Å². The van der Waals surface area contributed by atoms with Gasteiger partial charge < -0.3 is 5.32 Å². The predicted octanol–water partition coefficient (Wildman–Crippen LogP) is 1.82. The van der Waals surface area contributed by atoms with Gasteiger partial charge in [0.05, 0.1) is 6.07 Å². The van der Waals surface area contributed by atoms with Crippen molar-refractivity contribution in [2.75, 3.05) is 18.1 Å². The van der Waals surface area contributed by atoms with Crippen LogP contribution in [0.3, 0.4) is 0 Å². The van der Waals surface area contributed by atoms with Gasteiger partial charge >= 0.3 is 0 Å². The molecule has 1 aliphatic rings. The summed E-state index contributed by atoms with van der Waals surface area (Å²) in [6, 6.07) is 2.73. The Labute approximate surface area is 101 Å². The van der Waals surface area contributed by atoms with Gasteiger partial charge in [0.2, 0.25) is 0 Å². The number of nitriles is 1. The summed E-state index contributed by atoms with van der Waals surface area (Å²) in [6.07, 6.45) is 3.63. The Hall–Kier alpha value is -0.400. The smallest absolute Gasteiger partial charge is 0.0621 e. The second-order valence-electron chi connectivity index (χ2n) is 5.33. The van der Waals surface area contributed by atoms with Crippen LogP contribution in [-0.2, 0) is 10.8 Å². The molecule has 0 aromatic heterocycles. The summed E-state index contributed by atoms with van der Waals surface area (Å²) in [6.45, 7) is 5.34. The average Bonchev–Trinajstić information content (AvgIpc) is 2.26. The van der Waals surface area contributed by atoms with E-state index in [1.807, 2.05) is 0 Å². The van der Waals surface area contributed by atoms with Crippen molar-refractivity contribution in [1.82, 2.24) is 5.32 Å². The lowest BCUT2D eigenvalue weighted by molar-refractivity contribution is 0.294. The van der Waals surface area contributed by atoms with Crippen molar-refractivity contribution in [3.63, 3.8) is 0 Å². The first-order valence-electron chi connectivity index (χ1n) is 5.99. The molecule has 0 bridgehead atoms. The molecule has 0 amide bonds. The molecule has 0 radical (unpaired) electrons. The molecule has 1 saturated heterocycles. The first kappa shape index (κ1) is 13.7. The van der Waals surface area contributed by atoms with Gasteiger partial charge in [-0.1, -0.05) is 13.8 Å². The first-order chi connectivity index (χ1) is 7.53. The Balaban J connectivity index is 2.23. The Kier molecular flexibility index (Phi) is 5.43. The lowest BCUT2D eigenvalue weighted by Crippen LogP contribution is -2.40. The number of nitrogens with zero attached hydrogens (tertiary/aromatic N) is 1. The summed E-state index contributed by atoms with van der Waals surface area (Å²) in [5.41, 5.74) is 0.187. The normalized spacial score (nSPS) is 26.3. The quantitative estimate of drug-likeness (QED) is 0.800. The second-order valence-corrected chi connectivity index (χ2v) is 7.02. The van der Waals surface area contributed by atoms with Crippen molar-refractivity contribution in [1.29, 1.82) is 5.26 Å². The molecule has 0 aliphatic carbocycles. The fraction of sp³-hybridized carbons (Fsp3) is 0.917. The van der Waals surface area contributed by atoms with Gasteiger partial charge in [0.25, 0.3) is 0 Å². The molecule has 0 unspecified atom stereocenters. The molecule has 0 spiro atoms. The third kappa shape index (κ3) is 5.09. The van der Waals surface area contributed by atoms with Crippen LogP contribution in [0, 0.1) is 16.7 Å². The molecule has 4 heteroatoms. The van der Waals surface area contributed by atoms with E-state index in [0.717, 1.165) is 37.3 Å². The summed E-state index contributed by atoms with van der Waals surface area (Å²) >= 11 is 0. The van der Waals surface area contributed by atoms with E-state index < -0.39 is 10.8 Å². The Morgan fingerprint density at radius 3 is 2.62 bits per heavy atom. The highest BCUT2D eigenvalue weighted by Gasteiger charge is 2.22. The third-order valence-electron chi connectivity index (χ3n) is 3.17. The van der Waals surface area contributed by atoms with Crippen molar-refractivity contribution in [2.24, 2.45) is 5.41 Å². The topological polar surface area (TPSA) is 52.9 Å². The van der Waals surface area contributed by atoms with Gasteiger partial charge in [-0.2, -0.15) is 5.26 Å². The molecule has 1 N–H and O–H groups in total. The zero-order valence-electron chi connectivity index (χ0n) is 10.3. The van der Waals surface area contributed by atoms with Crippen molar-refractivity contribution in [3.8, 4) is 6.07 Å². The summed E-state index contributed by atoms with van der Waals surface area (Å²) in [4.78, 5) is 0. The van der Waals surface area contributed by atoms with Crippen molar-refractivity contribution < 1.29 is 4.21 Å². The number of nitrogens with one attached hydrogen (secondary N) is 1. The molecule has 1 heterocycles. The summed E-state index contributed by atoms with van der Waals surface area (Å²) in [7, 11) is -0.574. The maximum Gasteiger partial charge on any atom is 0.0621 e. The van der Waals surface area contributed by atoms with Crippen LogP contribution in [0.25, 0.3) is 0 Å². The second kappa shape index (κ2) is 6.36. The van der Waals surface area contributed by atoms with Crippen molar-refractivity contribution >= 4 is 10.8 Å². The predicted molar refractivity (Wildman–Crippen MR) is 67.5 cm³/mol. The SMILES string of the molecule is CC(C)(CCC#N)CNC1CCS(=O)CC1. The van der Waals surface area contributed by atoms with Gasteiger partial charge in [-0.15, -0.1) is 0 Å². The van der Waals surface area contributed by atoms with Gasteiger partial charge in [-0.05, 0) is 24.7 Å². The highest BCUT2D eigenvalue weighted by atomic mass is 32.2. The van der Waals surface area contributed by atoms with E-state index in [9.17, 15) is 4.21 Å². The molecular weight excluding hydrogens is 220 g/mol. The molecule has 16 heavy (non-hydrogen) atoms. The van der Waals surface area contributed by atoms with Crippen LogP contribution < -0.4 is 5.32 Å². The Morgan fingerprint density at radius 2 is 2.06 bits per heavy atom. The van der Waals surface area contributed by atoms with Gasteiger partial charge in [0.1, 0.15) is 0 Å². The van der Waals surface area contributed by atoms with Gasteiger partial charge in [0.15, 0.2) is 0 Å². The van der Waals surface area contributed by atoms with E-state index in [2.05, 4.69) is 25.2 Å². The summed E-state index contributed by atoms with van der Waals surface area (Å²) < 4.78 is 11.2. The Morgan fingerprint density at radius 1 is 1.44 bits per heavy atom. The van der Waals surface area contributed by atoms with Crippen LogP contribution >= 0.6 is 0 Å². The minimum atomic E-state index is -0.574. The fourth-order valence-electron chi connectivity index (χ4n) is 1.90. The molecule has 0 aromatic carbocycles. The van der Waals surface area contributed by atoms with Crippen LogP contribution in [0.5, 0.6) is 0 Å². The van der Waals surface area contributed by atoms with E-state index in [-0.39, 0.29) is 5.41 Å². The van der Waals surface area contributed by atoms with E-state index >= 15 is 0 Å². The molecule has 1 fully saturated rings. The van der Waals surface area contributed by atoms with Crippen molar-refractivity contribution in [3.05, 3.63) is 0 Å². The minimum Gasteiger partial charge on any atom is -0.313 e. The Bertz CT molecular complexity index is 273. The number of hydrogen-bond donors (Lipinski definition) is 1. The molecular formula is C12H22N2OS. The molecule has 3 nitrogen and oxygen atoms in total. The number of rotatable bonds is 5. The highest BCUT2D eigenvalue weighted by Crippen LogP contribution is 2.21. The van der Waals surface area contributed by atoms with E-state index in [1.54, 1.807) is 0 Å². The maximum absolute atomic E-state index is 11.2. The van der Waals surface area contributed by atoms with Crippen molar-refractivity contribution in [2.45, 2.75) is 45.6 Å². The minimum absolute atomic E-state index is 0.187. The van der Waals surface area contributed by atoms with Gasteiger partial charge in [-0.3, -0.25) is 4.21 Å². The lowest BCUT2D eigenvalue weighted by atomic mass is 9.87. The molecule has 0 atom stereocenters. The van der Waals surface area contributed by atoms with Gasteiger partial charge in [0, 0.05) is 41.3 Å². The molecule has 92 valence electrons. The van der Waals surface area contributed by atoms with Gasteiger partial charge in [-0.25, -0.2) is 0 Å². The third-order valence-corrected chi connectivity index (χ3v) is 4.55. The average molecular weight is 242 g/mol. The van der Waals surface area contributed by atoms with E-state index in [1.165, 1.54) is 0 Å². The molecule has 0 saturated carbocycles. The summed E-state index contributed by atoms with van der Waals surface area (Å²) in [5, 5.41) is 12.1. The lowest BCUT2D eigenvalue weighted by Gasteiger charge is -2.29. The first-order valence-corrected chi connectivity index (χ1v) is 7.48. The van der Waals surface area contributed by atoms with Crippen LogP contribution in [-0.4, -0.2) is 28.3 Å². The molecule has 1 rings (SSSR count).